The molecule has 0 aliphatic carbocycles. The lowest BCUT2D eigenvalue weighted by molar-refractivity contribution is -0.154. The standard InChI is InChI=1S/C15H19ClN2O5/c1-2-23-13-11(16)7-10(8-17-13)12(19)18-9-15(14(20)21)3-5-22-6-4-15/h7-8H,2-6,9H2,1H3,(H,18,19)(H,20,21). The lowest BCUT2D eigenvalue weighted by Crippen LogP contribution is -2.46. The average molecular weight is 343 g/mol. The van der Waals surface area contributed by atoms with Crippen LogP contribution in [0.3, 0.4) is 0 Å². The van der Waals surface area contributed by atoms with Gasteiger partial charge in [-0.05, 0) is 25.8 Å². The summed E-state index contributed by atoms with van der Waals surface area (Å²) in [5, 5.41) is 12.3. The maximum absolute atomic E-state index is 12.2. The highest BCUT2D eigenvalue weighted by atomic mass is 35.5. The van der Waals surface area contributed by atoms with E-state index in [1.54, 1.807) is 6.92 Å². The molecule has 8 heteroatoms. The summed E-state index contributed by atoms with van der Waals surface area (Å²) in [7, 11) is 0. The van der Waals surface area contributed by atoms with Crippen molar-refractivity contribution in [3.63, 3.8) is 0 Å². The number of halogens is 1. The number of nitrogens with zero attached hydrogens (tertiary/aromatic N) is 1. The zero-order valence-electron chi connectivity index (χ0n) is 12.8. The Morgan fingerprint density at radius 1 is 1.48 bits per heavy atom. The number of rotatable bonds is 6. The number of ether oxygens (including phenoxy) is 2. The summed E-state index contributed by atoms with van der Waals surface area (Å²) < 4.78 is 10.4. The van der Waals surface area contributed by atoms with E-state index in [2.05, 4.69) is 10.3 Å². The molecule has 2 heterocycles. The Balaban J connectivity index is 2.03. The highest BCUT2D eigenvalue weighted by Gasteiger charge is 2.40. The highest BCUT2D eigenvalue weighted by Crippen LogP contribution is 2.30. The van der Waals surface area contributed by atoms with Gasteiger partial charge in [0.15, 0.2) is 0 Å². The quantitative estimate of drug-likeness (QED) is 0.817. The Hall–Kier alpha value is -1.86. The van der Waals surface area contributed by atoms with E-state index in [0.717, 1.165) is 0 Å². The Kier molecular flexibility index (Phi) is 5.79. The number of nitrogens with one attached hydrogen (secondary N) is 1. The fraction of sp³-hybridized carbons (Fsp3) is 0.533. The Labute approximate surface area is 138 Å². The maximum atomic E-state index is 12.2. The first-order valence-electron chi connectivity index (χ1n) is 7.36. The van der Waals surface area contributed by atoms with Gasteiger partial charge in [0.2, 0.25) is 5.88 Å². The number of pyridine rings is 1. The zero-order chi connectivity index (χ0) is 16.9. The minimum atomic E-state index is -0.990. The van der Waals surface area contributed by atoms with E-state index in [4.69, 9.17) is 21.1 Å². The summed E-state index contributed by atoms with van der Waals surface area (Å²) in [5.41, 5.74) is -0.734. The Morgan fingerprint density at radius 2 is 2.17 bits per heavy atom. The zero-order valence-corrected chi connectivity index (χ0v) is 13.6. The number of aromatic nitrogens is 1. The molecule has 0 unspecified atom stereocenters. The Morgan fingerprint density at radius 3 is 2.74 bits per heavy atom. The second-order valence-corrected chi connectivity index (χ2v) is 5.73. The topological polar surface area (TPSA) is 97.8 Å². The summed E-state index contributed by atoms with van der Waals surface area (Å²) in [6.45, 7) is 3.01. The molecule has 0 saturated carbocycles. The van der Waals surface area contributed by atoms with Crippen LogP contribution >= 0.6 is 11.6 Å². The lowest BCUT2D eigenvalue weighted by Gasteiger charge is -2.33. The molecule has 2 rings (SSSR count). The van der Waals surface area contributed by atoms with Crippen molar-refractivity contribution in [2.24, 2.45) is 5.41 Å². The smallest absolute Gasteiger partial charge is 0.311 e. The van der Waals surface area contributed by atoms with Gasteiger partial charge >= 0.3 is 5.97 Å². The Bertz CT molecular complexity index is 587. The molecule has 1 saturated heterocycles. The van der Waals surface area contributed by atoms with Crippen LogP contribution in [0.1, 0.15) is 30.1 Å². The van der Waals surface area contributed by atoms with E-state index in [0.29, 0.717) is 32.7 Å². The van der Waals surface area contributed by atoms with Gasteiger partial charge in [-0.3, -0.25) is 9.59 Å². The normalized spacial score (nSPS) is 16.6. The number of carboxylic acids is 1. The minimum absolute atomic E-state index is 0.0371. The summed E-state index contributed by atoms with van der Waals surface area (Å²) in [4.78, 5) is 27.7. The van der Waals surface area contributed by atoms with E-state index in [1.165, 1.54) is 12.3 Å². The molecule has 1 amide bonds. The van der Waals surface area contributed by atoms with Gasteiger partial charge in [0, 0.05) is 26.0 Å². The van der Waals surface area contributed by atoms with Crippen LogP contribution in [-0.2, 0) is 9.53 Å². The second kappa shape index (κ2) is 7.61. The molecule has 0 spiro atoms. The summed E-state index contributed by atoms with van der Waals surface area (Å²) in [6, 6.07) is 1.45. The highest BCUT2D eigenvalue weighted by molar-refractivity contribution is 6.32. The van der Waals surface area contributed by atoms with Gasteiger partial charge in [0.25, 0.3) is 5.91 Å². The fourth-order valence-corrected chi connectivity index (χ4v) is 2.59. The monoisotopic (exact) mass is 342 g/mol. The number of carboxylic acid groups (broad SMARTS) is 1. The number of carbonyl (C=O) groups excluding carboxylic acids is 1. The van der Waals surface area contributed by atoms with Crippen molar-refractivity contribution in [1.82, 2.24) is 10.3 Å². The van der Waals surface area contributed by atoms with Crippen LogP contribution in [0.2, 0.25) is 5.02 Å². The van der Waals surface area contributed by atoms with E-state index < -0.39 is 17.3 Å². The van der Waals surface area contributed by atoms with Crippen molar-refractivity contribution < 1.29 is 24.2 Å². The van der Waals surface area contributed by atoms with Crippen LogP contribution in [0.5, 0.6) is 5.88 Å². The average Bonchev–Trinajstić information content (AvgIpc) is 2.55. The van der Waals surface area contributed by atoms with Gasteiger partial charge in [-0.1, -0.05) is 11.6 Å². The summed E-state index contributed by atoms with van der Waals surface area (Å²) in [5.74, 6) is -1.09. The van der Waals surface area contributed by atoms with E-state index in [9.17, 15) is 14.7 Å². The molecule has 126 valence electrons. The molecular formula is C15H19ClN2O5. The van der Waals surface area contributed by atoms with Gasteiger partial charge in [0.1, 0.15) is 5.02 Å². The van der Waals surface area contributed by atoms with E-state index in [1.807, 2.05) is 0 Å². The van der Waals surface area contributed by atoms with Crippen molar-refractivity contribution in [3.05, 3.63) is 22.8 Å². The molecular weight excluding hydrogens is 324 g/mol. The number of hydrogen-bond donors (Lipinski definition) is 2. The van der Waals surface area contributed by atoms with Crippen molar-refractivity contribution in [2.45, 2.75) is 19.8 Å². The third-order valence-electron chi connectivity index (χ3n) is 3.84. The van der Waals surface area contributed by atoms with Crippen LogP contribution in [0.15, 0.2) is 12.3 Å². The summed E-state index contributed by atoms with van der Waals surface area (Å²) >= 11 is 6.00. The molecule has 0 aromatic carbocycles. The predicted octanol–water partition coefficient (Wildman–Crippen LogP) is 1.74. The SMILES string of the molecule is CCOc1ncc(C(=O)NCC2(C(=O)O)CCOCC2)cc1Cl. The lowest BCUT2D eigenvalue weighted by atomic mass is 9.80. The van der Waals surface area contributed by atoms with Crippen LogP contribution in [0.25, 0.3) is 0 Å². The molecule has 23 heavy (non-hydrogen) atoms. The van der Waals surface area contributed by atoms with Gasteiger partial charge in [-0.25, -0.2) is 4.98 Å². The summed E-state index contributed by atoms with van der Waals surface area (Å²) in [6.07, 6.45) is 2.08. The molecule has 0 bridgehead atoms. The van der Waals surface area contributed by atoms with Crippen LogP contribution in [0, 0.1) is 5.41 Å². The van der Waals surface area contributed by atoms with Gasteiger partial charge < -0.3 is 19.9 Å². The minimum Gasteiger partial charge on any atom is -0.481 e. The molecule has 0 radical (unpaired) electrons. The third-order valence-corrected chi connectivity index (χ3v) is 4.11. The number of aliphatic carboxylic acids is 1. The second-order valence-electron chi connectivity index (χ2n) is 5.32. The molecule has 1 aliphatic heterocycles. The van der Waals surface area contributed by atoms with E-state index >= 15 is 0 Å². The number of amides is 1. The largest absolute Gasteiger partial charge is 0.481 e. The van der Waals surface area contributed by atoms with Crippen molar-refractivity contribution in [3.8, 4) is 5.88 Å². The van der Waals surface area contributed by atoms with Crippen molar-refractivity contribution in [1.29, 1.82) is 0 Å². The van der Waals surface area contributed by atoms with Crippen LogP contribution in [0.4, 0.5) is 0 Å². The van der Waals surface area contributed by atoms with Crippen LogP contribution < -0.4 is 10.1 Å². The molecule has 2 N–H and O–H groups in total. The van der Waals surface area contributed by atoms with Crippen molar-refractivity contribution >= 4 is 23.5 Å². The first kappa shape index (κ1) is 17.5. The first-order chi connectivity index (χ1) is 11.0. The van der Waals surface area contributed by atoms with E-state index in [-0.39, 0.29) is 23.0 Å². The number of carbonyl (C=O) groups is 2. The molecule has 1 aromatic rings. The third kappa shape index (κ3) is 4.11. The first-order valence-corrected chi connectivity index (χ1v) is 7.74. The van der Waals surface area contributed by atoms with Crippen LogP contribution in [-0.4, -0.2) is 48.3 Å². The van der Waals surface area contributed by atoms with Crippen molar-refractivity contribution in [2.75, 3.05) is 26.4 Å². The number of hydrogen-bond acceptors (Lipinski definition) is 5. The predicted molar refractivity (Wildman–Crippen MR) is 82.9 cm³/mol. The molecule has 7 nitrogen and oxygen atoms in total. The molecule has 1 aromatic heterocycles. The van der Waals surface area contributed by atoms with Gasteiger partial charge in [-0.15, -0.1) is 0 Å². The maximum Gasteiger partial charge on any atom is 0.311 e. The van der Waals surface area contributed by atoms with Gasteiger partial charge in [0.05, 0.1) is 17.6 Å². The van der Waals surface area contributed by atoms with Gasteiger partial charge in [-0.2, -0.15) is 0 Å². The molecule has 1 aliphatic rings. The molecule has 1 fully saturated rings. The molecule has 0 atom stereocenters. The fourth-order valence-electron chi connectivity index (χ4n) is 2.37.